The van der Waals surface area contributed by atoms with Gasteiger partial charge in [-0.1, -0.05) is 136 Å². The Balaban J connectivity index is 0.00000442. The molecule has 0 saturated carbocycles. The molecule has 0 aromatic heterocycles. The first-order valence-electron chi connectivity index (χ1n) is 15.7. The maximum absolute atomic E-state index is 7.41. The van der Waals surface area contributed by atoms with Gasteiger partial charge in [0.15, 0.2) is 0 Å². The maximum atomic E-state index is 7.41. The van der Waals surface area contributed by atoms with Crippen molar-refractivity contribution in [1.82, 2.24) is 0 Å². The highest BCUT2D eigenvalue weighted by Crippen LogP contribution is 2.56. The Morgan fingerprint density at radius 3 is 1.23 bits per heavy atom. The van der Waals surface area contributed by atoms with Crippen molar-refractivity contribution in [3.63, 3.8) is 0 Å². The quantitative estimate of drug-likeness (QED) is 0.0751. The number of rotatable bonds is 12. The van der Waals surface area contributed by atoms with Crippen LogP contribution in [0, 0.1) is 0 Å². The number of hydrogen-bond acceptors (Lipinski definition) is 1. The van der Waals surface area contributed by atoms with Crippen LogP contribution in [0.25, 0.3) is 0 Å². The predicted molar refractivity (Wildman–Crippen MR) is 192 cm³/mol. The van der Waals surface area contributed by atoms with Crippen LogP contribution in [0.15, 0.2) is 152 Å². The Hall–Kier alpha value is -2.56. The van der Waals surface area contributed by atoms with Crippen molar-refractivity contribution in [2.24, 2.45) is 0 Å². The fourth-order valence-electron chi connectivity index (χ4n) is 6.71. The van der Waals surface area contributed by atoms with Gasteiger partial charge in [0, 0.05) is 6.10 Å². The van der Waals surface area contributed by atoms with Gasteiger partial charge in [0.1, 0.15) is 23.2 Å². The summed E-state index contributed by atoms with van der Waals surface area (Å²) in [4.78, 5) is 0. The second kappa shape index (κ2) is 15.6. The summed E-state index contributed by atoms with van der Waals surface area (Å²) in [6.45, 7) is 9.40. The minimum absolute atomic E-state index is 0. The molecule has 0 N–H and O–H groups in total. The Kier molecular flexibility index (Phi) is 12.2. The van der Waals surface area contributed by atoms with Gasteiger partial charge in [-0.3, -0.25) is 0 Å². The second-order valence-corrected chi connectivity index (χ2v) is 20.5. The van der Waals surface area contributed by atoms with E-state index in [1.165, 1.54) is 26.3 Å². The molecule has 0 radical (unpaired) electrons. The lowest BCUT2D eigenvalue weighted by Gasteiger charge is -2.44. The van der Waals surface area contributed by atoms with Gasteiger partial charge >= 0.3 is 0 Å². The molecule has 228 valence electrons. The second-order valence-electron chi connectivity index (χ2n) is 12.6. The predicted octanol–water partition coefficient (Wildman–Crippen LogP) is 5.12. The van der Waals surface area contributed by atoms with Crippen LogP contribution in [-0.2, 0) is 4.43 Å². The SMILES string of the molecule is C[C@H](CCCC[P+](c1ccccc1)(c1ccccc1)c1ccccc1)O[Si](c1ccccc1)(c1ccccc1)C(C)(C)C.[I-]. The van der Waals surface area contributed by atoms with Crippen LogP contribution in [0.3, 0.4) is 0 Å². The van der Waals surface area contributed by atoms with Gasteiger partial charge < -0.3 is 28.4 Å². The van der Waals surface area contributed by atoms with Crippen molar-refractivity contribution >= 4 is 41.9 Å². The van der Waals surface area contributed by atoms with E-state index in [0.717, 1.165) is 25.4 Å². The first-order chi connectivity index (χ1) is 20.9. The molecule has 0 spiro atoms. The minimum Gasteiger partial charge on any atom is -1.00 e. The smallest absolute Gasteiger partial charge is 0.261 e. The molecule has 0 aliphatic rings. The van der Waals surface area contributed by atoms with Crippen LogP contribution in [0.1, 0.15) is 47.0 Å². The summed E-state index contributed by atoms with van der Waals surface area (Å²) < 4.78 is 7.41. The van der Waals surface area contributed by atoms with Crippen LogP contribution >= 0.6 is 7.26 Å². The Morgan fingerprint density at radius 2 is 0.886 bits per heavy atom. The fourth-order valence-corrected chi connectivity index (χ4v) is 15.9. The van der Waals surface area contributed by atoms with E-state index in [9.17, 15) is 0 Å². The van der Waals surface area contributed by atoms with E-state index in [-0.39, 0.29) is 35.1 Å². The summed E-state index contributed by atoms with van der Waals surface area (Å²) in [5.74, 6) is 0. The minimum atomic E-state index is -2.56. The highest BCUT2D eigenvalue weighted by Gasteiger charge is 2.51. The zero-order chi connectivity index (χ0) is 30.2. The molecule has 4 heteroatoms. The molecular formula is C40H46IOPSi. The van der Waals surface area contributed by atoms with Gasteiger partial charge in [0.05, 0.1) is 6.16 Å². The number of benzene rings is 5. The van der Waals surface area contributed by atoms with Crippen molar-refractivity contribution < 1.29 is 28.4 Å². The molecule has 0 fully saturated rings. The van der Waals surface area contributed by atoms with Crippen LogP contribution < -0.4 is 50.3 Å². The first-order valence-corrected chi connectivity index (χ1v) is 19.6. The Bertz CT molecular complexity index is 1390. The molecule has 0 aliphatic heterocycles. The van der Waals surface area contributed by atoms with E-state index in [1.807, 2.05) is 0 Å². The number of halogens is 1. The van der Waals surface area contributed by atoms with Crippen molar-refractivity contribution in [3.05, 3.63) is 152 Å². The van der Waals surface area contributed by atoms with Crippen LogP contribution in [0.5, 0.6) is 0 Å². The van der Waals surface area contributed by atoms with E-state index in [4.69, 9.17) is 4.43 Å². The van der Waals surface area contributed by atoms with Crippen molar-refractivity contribution in [2.45, 2.75) is 58.1 Å². The zero-order valence-corrected chi connectivity index (χ0v) is 30.6. The molecule has 1 nitrogen and oxygen atoms in total. The maximum Gasteiger partial charge on any atom is 0.261 e. The largest absolute Gasteiger partial charge is 1.00 e. The van der Waals surface area contributed by atoms with E-state index < -0.39 is 15.6 Å². The normalized spacial score (nSPS) is 12.7. The number of hydrogen-bond donors (Lipinski definition) is 0. The van der Waals surface area contributed by atoms with Gasteiger partial charge in [0.25, 0.3) is 8.32 Å². The molecule has 0 amide bonds. The third kappa shape index (κ3) is 7.28. The third-order valence-electron chi connectivity index (χ3n) is 8.74. The Labute approximate surface area is 284 Å². The fraction of sp³-hybridized carbons (Fsp3) is 0.250. The van der Waals surface area contributed by atoms with E-state index in [1.54, 1.807) is 0 Å². The summed E-state index contributed by atoms with van der Waals surface area (Å²) in [6, 6.07) is 55.8. The lowest BCUT2D eigenvalue weighted by molar-refractivity contribution is -0.0000101. The number of unbranched alkanes of at least 4 members (excludes halogenated alkanes) is 1. The zero-order valence-electron chi connectivity index (χ0n) is 26.6. The van der Waals surface area contributed by atoms with Gasteiger partial charge in [-0.25, -0.2) is 0 Å². The molecular weight excluding hydrogens is 682 g/mol. The van der Waals surface area contributed by atoms with Crippen LogP contribution in [0.2, 0.25) is 5.04 Å². The molecule has 5 aromatic carbocycles. The Morgan fingerprint density at radius 1 is 0.545 bits per heavy atom. The van der Waals surface area contributed by atoms with Crippen LogP contribution in [-0.4, -0.2) is 20.6 Å². The van der Waals surface area contributed by atoms with Crippen molar-refractivity contribution in [1.29, 1.82) is 0 Å². The molecule has 0 heterocycles. The molecule has 0 saturated heterocycles. The van der Waals surface area contributed by atoms with Gasteiger partial charge in [-0.15, -0.1) is 0 Å². The third-order valence-corrected chi connectivity index (χ3v) is 18.4. The summed E-state index contributed by atoms with van der Waals surface area (Å²) in [5, 5.41) is 7.07. The van der Waals surface area contributed by atoms with Crippen molar-refractivity contribution in [3.8, 4) is 0 Å². The standard InChI is InChI=1S/C40H46OPSi.HI/c1-34(41-43(40(2,3)4,38-29-16-8-17-30-38)39-31-18-9-19-32-39)22-20-21-33-42(35-23-10-5-11-24-35,36-25-12-6-13-26-36)37-27-14-7-15-28-37;/h5-19,23-32,34H,20-22,33H2,1-4H3;1H/q+1;/p-1/t34-;/m1./s1. The first kappa shape index (κ1) is 34.3. The highest BCUT2D eigenvalue weighted by atomic mass is 127. The van der Waals surface area contributed by atoms with E-state index >= 15 is 0 Å². The lowest BCUT2D eigenvalue weighted by atomic mass is 10.2. The van der Waals surface area contributed by atoms with Gasteiger partial charge in [0.2, 0.25) is 0 Å². The lowest BCUT2D eigenvalue weighted by Crippen LogP contribution is -3.00. The summed E-state index contributed by atoms with van der Waals surface area (Å²) in [6.07, 6.45) is 4.64. The molecule has 0 bridgehead atoms. The van der Waals surface area contributed by atoms with E-state index in [2.05, 4.69) is 179 Å². The van der Waals surface area contributed by atoms with Gasteiger partial charge in [-0.05, 0) is 78.0 Å². The van der Waals surface area contributed by atoms with Gasteiger partial charge in [-0.2, -0.15) is 0 Å². The highest BCUT2D eigenvalue weighted by molar-refractivity contribution is 7.95. The molecule has 5 rings (SSSR count). The summed E-state index contributed by atoms with van der Waals surface area (Å²) in [7, 11) is -4.37. The average Bonchev–Trinajstić information content (AvgIpc) is 3.05. The van der Waals surface area contributed by atoms with E-state index in [0.29, 0.717) is 0 Å². The molecule has 0 unspecified atom stereocenters. The topological polar surface area (TPSA) is 9.23 Å². The molecule has 1 atom stereocenters. The molecule has 0 aliphatic carbocycles. The van der Waals surface area contributed by atoms with Crippen molar-refractivity contribution in [2.75, 3.05) is 6.16 Å². The molecule has 5 aromatic rings. The monoisotopic (exact) mass is 728 g/mol. The van der Waals surface area contributed by atoms with Crippen LogP contribution in [0.4, 0.5) is 0 Å². The summed E-state index contributed by atoms with van der Waals surface area (Å²) in [5.41, 5.74) is 0. The molecule has 44 heavy (non-hydrogen) atoms. The average molecular weight is 729 g/mol. The summed E-state index contributed by atoms with van der Waals surface area (Å²) >= 11 is 0.